The lowest BCUT2D eigenvalue weighted by Crippen LogP contribution is -2.20. The smallest absolute Gasteiger partial charge is 0.203 e. The highest BCUT2D eigenvalue weighted by atomic mass is 19.2. The summed E-state index contributed by atoms with van der Waals surface area (Å²) < 4.78 is 57.4. The summed E-state index contributed by atoms with van der Waals surface area (Å²) in [7, 11) is 0. The van der Waals surface area contributed by atoms with Crippen LogP contribution in [-0.4, -0.2) is 6.61 Å². The van der Waals surface area contributed by atoms with E-state index in [9.17, 15) is 17.6 Å². The predicted octanol–water partition coefficient (Wildman–Crippen LogP) is 4.84. The molecule has 1 aromatic carbocycles. The van der Waals surface area contributed by atoms with Gasteiger partial charge in [0.25, 0.3) is 0 Å². The zero-order chi connectivity index (χ0) is 14.7. The van der Waals surface area contributed by atoms with E-state index in [-0.39, 0.29) is 12.5 Å². The first-order valence-corrected chi connectivity index (χ1v) is 6.98. The average molecular weight is 290 g/mol. The van der Waals surface area contributed by atoms with Gasteiger partial charge in [-0.2, -0.15) is 4.39 Å². The first-order chi connectivity index (χ1) is 9.52. The SMILES string of the molecule is CCC1CCC(COc2cc(F)c(F)c(F)c2F)CC1. The van der Waals surface area contributed by atoms with Gasteiger partial charge in [-0.05, 0) is 24.7 Å². The predicted molar refractivity (Wildman–Crippen MR) is 67.5 cm³/mol. The summed E-state index contributed by atoms with van der Waals surface area (Å²) in [6.45, 7) is 2.36. The highest BCUT2D eigenvalue weighted by Crippen LogP contribution is 2.32. The number of hydrogen-bond donors (Lipinski definition) is 0. The normalized spacial score (nSPS) is 22.9. The van der Waals surface area contributed by atoms with Crippen molar-refractivity contribution in [1.82, 2.24) is 0 Å². The third kappa shape index (κ3) is 3.25. The molecule has 1 fully saturated rings. The van der Waals surface area contributed by atoms with Crippen LogP contribution in [0.5, 0.6) is 5.75 Å². The van der Waals surface area contributed by atoms with Crippen molar-refractivity contribution >= 4 is 0 Å². The number of rotatable bonds is 4. The fourth-order valence-electron chi connectivity index (χ4n) is 2.67. The van der Waals surface area contributed by atoms with Crippen LogP contribution < -0.4 is 4.74 Å². The third-order valence-electron chi connectivity index (χ3n) is 4.09. The van der Waals surface area contributed by atoms with Crippen molar-refractivity contribution in [2.24, 2.45) is 11.8 Å². The van der Waals surface area contributed by atoms with Gasteiger partial charge in [0.1, 0.15) is 0 Å². The van der Waals surface area contributed by atoms with Crippen molar-refractivity contribution in [2.45, 2.75) is 39.0 Å². The molecule has 0 aliphatic heterocycles. The molecule has 0 saturated heterocycles. The molecule has 0 aromatic heterocycles. The molecule has 0 atom stereocenters. The molecule has 0 amide bonds. The molecule has 1 aromatic rings. The summed E-state index contributed by atoms with van der Waals surface area (Å²) in [5.74, 6) is -6.11. The summed E-state index contributed by atoms with van der Waals surface area (Å²) in [6, 6.07) is 0.561. The van der Waals surface area contributed by atoms with Gasteiger partial charge < -0.3 is 4.74 Å². The Labute approximate surface area is 115 Å². The Morgan fingerprint density at radius 2 is 1.55 bits per heavy atom. The van der Waals surface area contributed by atoms with Gasteiger partial charge in [0, 0.05) is 6.07 Å². The number of ether oxygens (including phenoxy) is 1. The second-order valence-electron chi connectivity index (χ2n) is 5.40. The minimum absolute atomic E-state index is 0.206. The fraction of sp³-hybridized carbons (Fsp3) is 0.600. The molecule has 20 heavy (non-hydrogen) atoms. The van der Waals surface area contributed by atoms with Crippen molar-refractivity contribution in [1.29, 1.82) is 0 Å². The molecule has 1 nitrogen and oxygen atoms in total. The average Bonchev–Trinajstić information content (AvgIpc) is 2.48. The molecule has 0 spiro atoms. The van der Waals surface area contributed by atoms with Gasteiger partial charge in [0.2, 0.25) is 11.6 Å². The maximum absolute atomic E-state index is 13.4. The van der Waals surface area contributed by atoms with E-state index >= 15 is 0 Å². The number of halogens is 4. The monoisotopic (exact) mass is 290 g/mol. The third-order valence-corrected chi connectivity index (χ3v) is 4.09. The van der Waals surface area contributed by atoms with Gasteiger partial charge in [-0.3, -0.25) is 0 Å². The van der Waals surface area contributed by atoms with Gasteiger partial charge in [-0.1, -0.05) is 26.2 Å². The van der Waals surface area contributed by atoms with E-state index in [2.05, 4.69) is 6.92 Å². The Bertz CT molecular complexity index is 467. The summed E-state index contributed by atoms with van der Waals surface area (Å²) in [4.78, 5) is 0. The van der Waals surface area contributed by atoms with Gasteiger partial charge in [-0.25, -0.2) is 13.2 Å². The Balaban J connectivity index is 1.95. The van der Waals surface area contributed by atoms with E-state index in [0.29, 0.717) is 6.07 Å². The molecule has 0 bridgehead atoms. The van der Waals surface area contributed by atoms with Crippen LogP contribution in [0.4, 0.5) is 17.6 Å². The second-order valence-corrected chi connectivity index (χ2v) is 5.40. The van der Waals surface area contributed by atoms with E-state index < -0.39 is 29.0 Å². The number of hydrogen-bond acceptors (Lipinski definition) is 1. The van der Waals surface area contributed by atoms with Crippen LogP contribution in [-0.2, 0) is 0 Å². The van der Waals surface area contributed by atoms with Crippen LogP contribution >= 0.6 is 0 Å². The zero-order valence-corrected chi connectivity index (χ0v) is 11.4. The van der Waals surface area contributed by atoms with E-state index in [1.165, 1.54) is 0 Å². The fourth-order valence-corrected chi connectivity index (χ4v) is 2.67. The molecule has 0 heterocycles. The molecule has 0 N–H and O–H groups in total. The van der Waals surface area contributed by atoms with Crippen molar-refractivity contribution in [3.05, 3.63) is 29.3 Å². The van der Waals surface area contributed by atoms with Gasteiger partial charge >= 0.3 is 0 Å². The Morgan fingerprint density at radius 1 is 0.950 bits per heavy atom. The highest BCUT2D eigenvalue weighted by Gasteiger charge is 2.23. The Hall–Kier alpha value is -1.26. The lowest BCUT2D eigenvalue weighted by molar-refractivity contribution is 0.174. The number of benzene rings is 1. The lowest BCUT2D eigenvalue weighted by Gasteiger charge is -2.27. The van der Waals surface area contributed by atoms with E-state index in [4.69, 9.17) is 4.74 Å². The second kappa shape index (κ2) is 6.46. The molecule has 112 valence electrons. The summed E-state index contributed by atoms with van der Waals surface area (Å²) in [5.41, 5.74) is 0. The molecule has 1 aliphatic carbocycles. The molecule has 1 saturated carbocycles. The summed E-state index contributed by atoms with van der Waals surface area (Å²) in [6.07, 6.45) is 5.27. The van der Waals surface area contributed by atoms with Crippen molar-refractivity contribution in [3.63, 3.8) is 0 Å². The molecule has 0 radical (unpaired) electrons. The van der Waals surface area contributed by atoms with Crippen molar-refractivity contribution in [2.75, 3.05) is 6.61 Å². The first kappa shape index (κ1) is 15.1. The van der Waals surface area contributed by atoms with Crippen LogP contribution in [0.3, 0.4) is 0 Å². The van der Waals surface area contributed by atoms with Crippen LogP contribution in [0.25, 0.3) is 0 Å². The first-order valence-electron chi connectivity index (χ1n) is 6.98. The minimum atomic E-state index is -1.82. The van der Waals surface area contributed by atoms with Gasteiger partial charge in [0.15, 0.2) is 17.4 Å². The Morgan fingerprint density at radius 3 is 2.15 bits per heavy atom. The molecule has 1 aliphatic rings. The lowest BCUT2D eigenvalue weighted by atomic mass is 9.81. The van der Waals surface area contributed by atoms with E-state index in [1.54, 1.807) is 0 Å². The quantitative estimate of drug-likeness (QED) is 0.438. The van der Waals surface area contributed by atoms with Crippen LogP contribution in [0.2, 0.25) is 0 Å². The van der Waals surface area contributed by atoms with Gasteiger partial charge in [0.05, 0.1) is 6.61 Å². The molecule has 2 rings (SSSR count). The zero-order valence-electron chi connectivity index (χ0n) is 11.4. The van der Waals surface area contributed by atoms with E-state index in [1.807, 2.05) is 0 Å². The topological polar surface area (TPSA) is 9.23 Å². The van der Waals surface area contributed by atoms with E-state index in [0.717, 1.165) is 38.0 Å². The molecule has 0 unspecified atom stereocenters. The molecular weight excluding hydrogens is 272 g/mol. The van der Waals surface area contributed by atoms with Crippen LogP contribution in [0, 0.1) is 35.1 Å². The van der Waals surface area contributed by atoms with Crippen molar-refractivity contribution in [3.8, 4) is 5.75 Å². The standard InChI is InChI=1S/C15H18F4O/c1-2-9-3-5-10(6-4-9)8-20-12-7-11(16)13(17)15(19)14(12)18/h7,9-10H,2-6,8H2,1H3. The highest BCUT2D eigenvalue weighted by molar-refractivity contribution is 5.27. The van der Waals surface area contributed by atoms with Crippen LogP contribution in [0.15, 0.2) is 6.07 Å². The molecular formula is C15H18F4O. The van der Waals surface area contributed by atoms with Crippen molar-refractivity contribution < 1.29 is 22.3 Å². The van der Waals surface area contributed by atoms with Crippen LogP contribution in [0.1, 0.15) is 39.0 Å². The minimum Gasteiger partial charge on any atom is -0.490 e. The molecule has 5 heteroatoms. The maximum Gasteiger partial charge on any atom is 0.203 e. The maximum atomic E-state index is 13.4. The summed E-state index contributed by atoms with van der Waals surface area (Å²) in [5, 5.41) is 0. The Kier molecular flexibility index (Phi) is 4.89. The summed E-state index contributed by atoms with van der Waals surface area (Å²) >= 11 is 0. The van der Waals surface area contributed by atoms with Gasteiger partial charge in [-0.15, -0.1) is 0 Å². The largest absolute Gasteiger partial charge is 0.490 e.